The lowest BCUT2D eigenvalue weighted by Gasteiger charge is -2.23. The fourth-order valence-electron chi connectivity index (χ4n) is 2.81. The summed E-state index contributed by atoms with van der Waals surface area (Å²) in [6.45, 7) is 2.22. The molecule has 0 saturated carbocycles. The normalized spacial score (nSPS) is 12.4. The molecule has 2 aromatic rings. The average molecular weight is 267 g/mol. The van der Waals surface area contributed by atoms with E-state index in [9.17, 15) is 0 Å². The maximum atomic E-state index is 6.36. The van der Waals surface area contributed by atoms with Gasteiger partial charge in [-0.25, -0.2) is 0 Å². The van der Waals surface area contributed by atoms with Gasteiger partial charge in [0.1, 0.15) is 11.5 Å². The zero-order valence-electron chi connectivity index (χ0n) is 12.0. The second kappa shape index (κ2) is 5.58. The second-order valence-corrected chi connectivity index (χ2v) is 5.46. The van der Waals surface area contributed by atoms with Gasteiger partial charge in [-0.1, -0.05) is 44.0 Å². The van der Waals surface area contributed by atoms with E-state index in [2.05, 4.69) is 31.2 Å². The van der Waals surface area contributed by atoms with Gasteiger partial charge in [0.05, 0.1) is 0 Å². The van der Waals surface area contributed by atoms with Crippen LogP contribution in [0.3, 0.4) is 0 Å². The number of nitrogens with two attached hydrogens (primary N) is 1. The van der Waals surface area contributed by atoms with Crippen LogP contribution in [0.25, 0.3) is 0 Å². The van der Waals surface area contributed by atoms with Crippen molar-refractivity contribution in [2.75, 3.05) is 5.73 Å². The Balaban J connectivity index is 1.88. The summed E-state index contributed by atoms with van der Waals surface area (Å²) in [5, 5.41) is 0. The molecule has 20 heavy (non-hydrogen) atoms. The molecule has 1 aliphatic heterocycles. The number of fused-ring (bicyclic) bond motifs is 2. The first-order valence-electron chi connectivity index (χ1n) is 7.45. The van der Waals surface area contributed by atoms with Crippen LogP contribution in [0, 0.1) is 0 Å². The highest BCUT2D eigenvalue weighted by Crippen LogP contribution is 2.40. The molecule has 0 spiro atoms. The molecule has 0 unspecified atom stereocenters. The zero-order chi connectivity index (χ0) is 13.9. The first-order chi connectivity index (χ1) is 9.79. The van der Waals surface area contributed by atoms with Crippen LogP contribution in [0.15, 0.2) is 36.4 Å². The molecule has 104 valence electrons. The topological polar surface area (TPSA) is 35.2 Å². The van der Waals surface area contributed by atoms with Gasteiger partial charge in [-0.3, -0.25) is 0 Å². The quantitative estimate of drug-likeness (QED) is 0.549. The molecule has 0 radical (unpaired) electrons. The standard InChI is InChI=1S/C18H21NO/c1-2-3-4-7-13-10-11-17-15(18(13)19)12-14-8-5-6-9-16(14)20-17/h5-6,8-11H,2-4,7,12,19H2,1H3. The number of para-hydroxylation sites is 1. The summed E-state index contributed by atoms with van der Waals surface area (Å²) in [6.07, 6.45) is 5.64. The van der Waals surface area contributed by atoms with Crippen molar-refractivity contribution < 1.29 is 4.74 Å². The zero-order valence-corrected chi connectivity index (χ0v) is 12.0. The minimum absolute atomic E-state index is 0.874. The Morgan fingerprint density at radius 2 is 1.90 bits per heavy atom. The molecule has 0 bridgehead atoms. The third-order valence-electron chi connectivity index (χ3n) is 4.01. The maximum absolute atomic E-state index is 6.36. The highest BCUT2D eigenvalue weighted by atomic mass is 16.5. The first kappa shape index (κ1) is 13.0. The van der Waals surface area contributed by atoms with Gasteiger partial charge in [0, 0.05) is 17.7 Å². The van der Waals surface area contributed by atoms with Gasteiger partial charge in [-0.2, -0.15) is 0 Å². The van der Waals surface area contributed by atoms with Gasteiger partial charge >= 0.3 is 0 Å². The van der Waals surface area contributed by atoms with Crippen molar-refractivity contribution in [1.82, 2.24) is 0 Å². The molecule has 1 aliphatic rings. The van der Waals surface area contributed by atoms with Crippen LogP contribution < -0.4 is 10.5 Å². The van der Waals surface area contributed by atoms with Gasteiger partial charge in [-0.15, -0.1) is 0 Å². The van der Waals surface area contributed by atoms with Gasteiger partial charge in [-0.05, 0) is 36.1 Å². The average Bonchev–Trinajstić information content (AvgIpc) is 2.48. The number of anilines is 1. The van der Waals surface area contributed by atoms with Crippen molar-refractivity contribution in [1.29, 1.82) is 0 Å². The molecule has 2 nitrogen and oxygen atoms in total. The van der Waals surface area contributed by atoms with E-state index >= 15 is 0 Å². The van der Waals surface area contributed by atoms with Crippen LogP contribution in [0.5, 0.6) is 11.5 Å². The fourth-order valence-corrected chi connectivity index (χ4v) is 2.81. The molecule has 0 saturated heterocycles. The van der Waals surface area contributed by atoms with Gasteiger partial charge in [0.2, 0.25) is 0 Å². The van der Waals surface area contributed by atoms with E-state index in [1.807, 2.05) is 12.1 Å². The molecule has 3 rings (SSSR count). The van der Waals surface area contributed by atoms with Gasteiger partial charge in [0.25, 0.3) is 0 Å². The van der Waals surface area contributed by atoms with Crippen molar-refractivity contribution in [3.05, 3.63) is 53.1 Å². The molecule has 2 aromatic carbocycles. The van der Waals surface area contributed by atoms with Crippen molar-refractivity contribution >= 4 is 5.69 Å². The Kier molecular flexibility index (Phi) is 3.64. The number of unbranched alkanes of at least 4 members (excludes halogenated alkanes) is 2. The van der Waals surface area contributed by atoms with Crippen molar-refractivity contribution in [2.24, 2.45) is 0 Å². The number of hydrogen-bond acceptors (Lipinski definition) is 2. The van der Waals surface area contributed by atoms with E-state index in [0.717, 1.165) is 35.6 Å². The van der Waals surface area contributed by atoms with Crippen molar-refractivity contribution in [3.8, 4) is 11.5 Å². The summed E-state index contributed by atoms with van der Waals surface area (Å²) < 4.78 is 5.96. The van der Waals surface area contributed by atoms with Crippen LogP contribution in [-0.4, -0.2) is 0 Å². The summed E-state index contributed by atoms with van der Waals surface area (Å²) in [5.74, 6) is 1.87. The van der Waals surface area contributed by atoms with E-state index in [0.29, 0.717) is 0 Å². The number of ether oxygens (including phenoxy) is 1. The SMILES string of the molecule is CCCCCc1ccc2c(c1N)Cc1ccccc1O2. The predicted molar refractivity (Wildman–Crippen MR) is 83.4 cm³/mol. The highest BCUT2D eigenvalue weighted by Gasteiger charge is 2.19. The molecule has 1 heterocycles. The maximum Gasteiger partial charge on any atom is 0.133 e. The number of hydrogen-bond donors (Lipinski definition) is 1. The number of aryl methyl sites for hydroxylation is 1. The van der Waals surface area contributed by atoms with Crippen LogP contribution >= 0.6 is 0 Å². The van der Waals surface area contributed by atoms with Crippen LogP contribution in [0.1, 0.15) is 42.9 Å². The summed E-state index contributed by atoms with van der Waals surface area (Å²) in [6, 6.07) is 12.4. The van der Waals surface area contributed by atoms with E-state index in [-0.39, 0.29) is 0 Å². The molecule has 0 fully saturated rings. The van der Waals surface area contributed by atoms with E-state index in [1.165, 1.54) is 30.4 Å². The van der Waals surface area contributed by atoms with Crippen molar-refractivity contribution in [3.63, 3.8) is 0 Å². The number of benzene rings is 2. The Morgan fingerprint density at radius 3 is 2.75 bits per heavy atom. The lowest BCUT2D eigenvalue weighted by molar-refractivity contribution is 0.460. The minimum atomic E-state index is 0.874. The first-order valence-corrected chi connectivity index (χ1v) is 7.45. The molecule has 2 heteroatoms. The monoisotopic (exact) mass is 267 g/mol. The van der Waals surface area contributed by atoms with Crippen LogP contribution in [0.2, 0.25) is 0 Å². The molecule has 0 atom stereocenters. The third kappa shape index (κ3) is 2.38. The lowest BCUT2D eigenvalue weighted by atomic mass is 9.94. The Bertz CT molecular complexity index is 619. The van der Waals surface area contributed by atoms with E-state index in [4.69, 9.17) is 10.5 Å². The fraction of sp³-hybridized carbons (Fsp3) is 0.333. The Labute approximate surface area is 120 Å². The summed E-state index contributed by atoms with van der Waals surface area (Å²) in [4.78, 5) is 0. The van der Waals surface area contributed by atoms with Crippen LogP contribution in [0.4, 0.5) is 5.69 Å². The summed E-state index contributed by atoms with van der Waals surface area (Å²) in [5.41, 5.74) is 10.9. The molecular weight excluding hydrogens is 246 g/mol. The smallest absolute Gasteiger partial charge is 0.133 e. The predicted octanol–water partition coefficient (Wildman–Crippen LogP) is 4.70. The van der Waals surface area contributed by atoms with Crippen LogP contribution in [-0.2, 0) is 12.8 Å². The van der Waals surface area contributed by atoms with Gasteiger partial charge in [0.15, 0.2) is 0 Å². The number of rotatable bonds is 4. The molecule has 0 aromatic heterocycles. The Morgan fingerprint density at radius 1 is 1.05 bits per heavy atom. The molecule has 0 aliphatic carbocycles. The van der Waals surface area contributed by atoms with E-state index < -0.39 is 0 Å². The third-order valence-corrected chi connectivity index (χ3v) is 4.01. The number of nitrogen functional groups attached to an aromatic ring is 1. The van der Waals surface area contributed by atoms with Gasteiger partial charge < -0.3 is 10.5 Å². The Hall–Kier alpha value is -1.96. The van der Waals surface area contributed by atoms with Crippen molar-refractivity contribution in [2.45, 2.75) is 39.0 Å². The largest absolute Gasteiger partial charge is 0.457 e. The second-order valence-electron chi connectivity index (χ2n) is 5.46. The molecule has 2 N–H and O–H groups in total. The lowest BCUT2D eigenvalue weighted by Crippen LogP contribution is -2.08. The summed E-state index contributed by atoms with van der Waals surface area (Å²) in [7, 11) is 0. The van der Waals surface area contributed by atoms with E-state index in [1.54, 1.807) is 0 Å². The highest BCUT2D eigenvalue weighted by molar-refractivity contribution is 5.64. The molecular formula is C18H21NO. The molecule has 0 amide bonds. The minimum Gasteiger partial charge on any atom is -0.457 e. The summed E-state index contributed by atoms with van der Waals surface area (Å²) >= 11 is 0.